The minimum Gasteiger partial charge on any atom is -0.494 e. The number of nitrogens with one attached hydrogen (secondary N) is 1. The zero-order chi connectivity index (χ0) is 21.1. The lowest BCUT2D eigenvalue weighted by Crippen LogP contribution is -2.25. The number of aromatic nitrogens is 3. The third-order valence-electron chi connectivity index (χ3n) is 5.08. The zero-order valence-corrected chi connectivity index (χ0v) is 17.3. The second kappa shape index (κ2) is 8.37. The number of fused-ring (bicyclic) bond motifs is 1. The molecule has 2 aromatic carbocycles. The average molecular weight is 400 g/mol. The van der Waals surface area contributed by atoms with E-state index in [9.17, 15) is 4.79 Å². The number of ether oxygens (including phenoxy) is 1. The van der Waals surface area contributed by atoms with E-state index < -0.39 is 0 Å². The van der Waals surface area contributed by atoms with Gasteiger partial charge in [0.25, 0.3) is 5.91 Å². The van der Waals surface area contributed by atoms with Crippen LogP contribution in [0, 0.1) is 13.8 Å². The van der Waals surface area contributed by atoms with Gasteiger partial charge in [0.05, 0.1) is 23.6 Å². The Balaban J connectivity index is 1.62. The van der Waals surface area contributed by atoms with E-state index >= 15 is 0 Å². The van der Waals surface area contributed by atoms with E-state index in [0.717, 1.165) is 39.5 Å². The Morgan fingerprint density at radius 1 is 1.07 bits per heavy atom. The highest BCUT2D eigenvalue weighted by Crippen LogP contribution is 2.28. The van der Waals surface area contributed by atoms with Crippen molar-refractivity contribution in [2.75, 3.05) is 6.61 Å². The summed E-state index contributed by atoms with van der Waals surface area (Å²) in [6.45, 7) is 6.74. The lowest BCUT2D eigenvalue weighted by molar-refractivity contribution is 0.0949. The van der Waals surface area contributed by atoms with Gasteiger partial charge in [0, 0.05) is 23.9 Å². The molecule has 0 bridgehead atoms. The first kappa shape index (κ1) is 19.6. The molecule has 30 heavy (non-hydrogen) atoms. The Bertz CT molecular complexity index is 1200. The van der Waals surface area contributed by atoms with Crippen molar-refractivity contribution in [2.45, 2.75) is 27.3 Å². The van der Waals surface area contributed by atoms with Gasteiger partial charge < -0.3 is 10.1 Å². The number of nitrogens with zero attached hydrogens (tertiary/aromatic N) is 3. The summed E-state index contributed by atoms with van der Waals surface area (Å²) in [5, 5.41) is 7.62. The number of para-hydroxylation sites is 1. The van der Waals surface area contributed by atoms with Crippen LogP contribution in [0.2, 0.25) is 0 Å². The molecule has 0 radical (unpaired) electrons. The molecule has 0 aliphatic heterocycles. The van der Waals surface area contributed by atoms with Crippen molar-refractivity contribution >= 4 is 11.6 Å². The fourth-order valence-electron chi connectivity index (χ4n) is 3.58. The minimum atomic E-state index is -0.192. The van der Waals surface area contributed by atoms with Gasteiger partial charge in [-0.3, -0.25) is 4.79 Å². The summed E-state index contributed by atoms with van der Waals surface area (Å²) < 4.78 is 7.39. The number of hydrogen-bond donors (Lipinski definition) is 1. The lowest BCUT2D eigenvalue weighted by atomic mass is 10.1. The molecule has 2 aromatic heterocycles. The van der Waals surface area contributed by atoms with E-state index in [-0.39, 0.29) is 5.91 Å². The molecular formula is C24H24N4O2. The number of amides is 1. The van der Waals surface area contributed by atoms with Gasteiger partial charge in [-0.15, -0.1) is 0 Å². The summed E-state index contributed by atoms with van der Waals surface area (Å²) in [7, 11) is 0. The summed E-state index contributed by atoms with van der Waals surface area (Å²) in [4.78, 5) is 17.5. The van der Waals surface area contributed by atoms with E-state index in [1.807, 2.05) is 75.4 Å². The van der Waals surface area contributed by atoms with Crippen LogP contribution in [0.3, 0.4) is 0 Å². The van der Waals surface area contributed by atoms with Crippen LogP contribution in [0.25, 0.3) is 16.8 Å². The number of aryl methyl sites for hydroxylation is 2. The van der Waals surface area contributed by atoms with Crippen molar-refractivity contribution in [2.24, 2.45) is 0 Å². The first-order valence-corrected chi connectivity index (χ1v) is 9.99. The molecule has 0 aliphatic carbocycles. The molecule has 6 heteroatoms. The first-order chi connectivity index (χ1) is 14.6. The van der Waals surface area contributed by atoms with Gasteiger partial charge in [-0.25, -0.2) is 9.50 Å². The van der Waals surface area contributed by atoms with Crippen molar-refractivity contribution in [3.8, 4) is 16.9 Å². The van der Waals surface area contributed by atoms with Gasteiger partial charge in [-0.05, 0) is 32.4 Å². The first-order valence-electron chi connectivity index (χ1n) is 9.99. The molecule has 4 aromatic rings. The van der Waals surface area contributed by atoms with Crippen molar-refractivity contribution in [3.05, 3.63) is 83.3 Å². The zero-order valence-electron chi connectivity index (χ0n) is 17.3. The second-order valence-corrected chi connectivity index (χ2v) is 7.04. The van der Waals surface area contributed by atoms with E-state index in [2.05, 4.69) is 15.4 Å². The van der Waals surface area contributed by atoms with Crippen LogP contribution in [-0.4, -0.2) is 27.1 Å². The van der Waals surface area contributed by atoms with Gasteiger partial charge in [0.2, 0.25) is 0 Å². The summed E-state index contributed by atoms with van der Waals surface area (Å²) >= 11 is 0. The molecular weight excluding hydrogens is 376 g/mol. The van der Waals surface area contributed by atoms with Crippen LogP contribution in [-0.2, 0) is 6.54 Å². The highest BCUT2D eigenvalue weighted by Gasteiger charge is 2.18. The maximum absolute atomic E-state index is 12.9. The monoisotopic (exact) mass is 400 g/mol. The largest absolute Gasteiger partial charge is 0.494 e. The number of benzene rings is 2. The Morgan fingerprint density at radius 3 is 2.57 bits per heavy atom. The molecule has 0 saturated heterocycles. The van der Waals surface area contributed by atoms with E-state index in [4.69, 9.17) is 4.74 Å². The molecule has 0 spiro atoms. The van der Waals surface area contributed by atoms with Crippen LogP contribution in [0.5, 0.6) is 5.75 Å². The summed E-state index contributed by atoms with van der Waals surface area (Å²) in [5.41, 5.74) is 5.84. The van der Waals surface area contributed by atoms with Gasteiger partial charge in [0.1, 0.15) is 5.75 Å². The average Bonchev–Trinajstić information content (AvgIpc) is 3.11. The standard InChI is InChI=1S/C24H24N4O2/c1-4-30-21-13-9-8-12-19(21)14-26-24(29)20-15-25-23-22(18-10-6-5-7-11-18)16(2)27-28(23)17(20)3/h5-13,15H,4,14H2,1-3H3,(H,26,29). The third-order valence-corrected chi connectivity index (χ3v) is 5.08. The molecule has 1 amide bonds. The van der Waals surface area contributed by atoms with E-state index in [0.29, 0.717) is 18.7 Å². The molecule has 1 N–H and O–H groups in total. The van der Waals surface area contributed by atoms with Crippen LogP contribution in [0.4, 0.5) is 0 Å². The number of hydrogen-bond acceptors (Lipinski definition) is 4. The number of carbonyl (C=O) groups excluding carboxylic acids is 1. The van der Waals surface area contributed by atoms with Crippen LogP contribution in [0.1, 0.15) is 34.2 Å². The third kappa shape index (κ3) is 3.64. The maximum Gasteiger partial charge on any atom is 0.254 e. The fourth-order valence-corrected chi connectivity index (χ4v) is 3.58. The lowest BCUT2D eigenvalue weighted by Gasteiger charge is -2.12. The Labute approximate surface area is 175 Å². The molecule has 0 aliphatic rings. The molecule has 2 heterocycles. The smallest absolute Gasteiger partial charge is 0.254 e. The van der Waals surface area contributed by atoms with Gasteiger partial charge >= 0.3 is 0 Å². The van der Waals surface area contributed by atoms with Crippen molar-refractivity contribution in [1.29, 1.82) is 0 Å². The van der Waals surface area contributed by atoms with Crippen molar-refractivity contribution in [1.82, 2.24) is 19.9 Å². The van der Waals surface area contributed by atoms with Crippen LogP contribution < -0.4 is 10.1 Å². The van der Waals surface area contributed by atoms with Gasteiger partial charge in [-0.2, -0.15) is 5.10 Å². The molecule has 152 valence electrons. The predicted octanol–water partition coefficient (Wildman–Crippen LogP) is 4.34. The van der Waals surface area contributed by atoms with Gasteiger partial charge in [-0.1, -0.05) is 48.5 Å². The Kier molecular flexibility index (Phi) is 5.48. The maximum atomic E-state index is 12.9. The molecule has 6 nitrogen and oxygen atoms in total. The molecule has 0 saturated carbocycles. The molecule has 0 fully saturated rings. The Morgan fingerprint density at radius 2 is 1.80 bits per heavy atom. The van der Waals surface area contributed by atoms with Crippen molar-refractivity contribution < 1.29 is 9.53 Å². The normalized spacial score (nSPS) is 10.9. The summed E-state index contributed by atoms with van der Waals surface area (Å²) in [5.74, 6) is 0.586. The Hall–Kier alpha value is -3.67. The highest BCUT2D eigenvalue weighted by molar-refractivity contribution is 5.95. The topological polar surface area (TPSA) is 68.5 Å². The van der Waals surface area contributed by atoms with Gasteiger partial charge in [0.15, 0.2) is 5.65 Å². The molecule has 0 atom stereocenters. The predicted molar refractivity (Wildman–Crippen MR) is 117 cm³/mol. The number of rotatable bonds is 6. The summed E-state index contributed by atoms with van der Waals surface area (Å²) in [6, 6.07) is 17.7. The van der Waals surface area contributed by atoms with E-state index in [1.54, 1.807) is 10.7 Å². The number of carbonyl (C=O) groups is 1. The summed E-state index contributed by atoms with van der Waals surface area (Å²) in [6.07, 6.45) is 1.63. The van der Waals surface area contributed by atoms with Crippen molar-refractivity contribution in [3.63, 3.8) is 0 Å². The quantitative estimate of drug-likeness (QED) is 0.523. The highest BCUT2D eigenvalue weighted by atomic mass is 16.5. The molecule has 0 unspecified atom stereocenters. The minimum absolute atomic E-state index is 0.192. The fraction of sp³-hybridized carbons (Fsp3) is 0.208. The van der Waals surface area contributed by atoms with Crippen LogP contribution >= 0.6 is 0 Å². The van der Waals surface area contributed by atoms with Crippen LogP contribution in [0.15, 0.2) is 60.8 Å². The second-order valence-electron chi connectivity index (χ2n) is 7.04. The van der Waals surface area contributed by atoms with E-state index in [1.165, 1.54) is 0 Å². The SMILES string of the molecule is CCOc1ccccc1CNC(=O)c1cnc2c(-c3ccccc3)c(C)nn2c1C. The molecule has 4 rings (SSSR count).